The van der Waals surface area contributed by atoms with Gasteiger partial charge >= 0.3 is 5.97 Å². The number of furan rings is 1. The van der Waals surface area contributed by atoms with Crippen molar-refractivity contribution in [3.05, 3.63) is 22.6 Å². The lowest BCUT2D eigenvalue weighted by atomic mass is 10.1. The molecule has 1 heterocycles. The summed E-state index contributed by atoms with van der Waals surface area (Å²) in [7, 11) is 0. The van der Waals surface area contributed by atoms with Gasteiger partial charge in [-0.3, -0.25) is 0 Å². The third-order valence-corrected chi connectivity index (χ3v) is 2.15. The van der Waals surface area contributed by atoms with Crippen molar-refractivity contribution in [3.8, 4) is 0 Å². The van der Waals surface area contributed by atoms with Gasteiger partial charge in [-0.25, -0.2) is 4.79 Å². The zero-order valence-corrected chi connectivity index (χ0v) is 8.43. The Morgan fingerprint density at radius 3 is 2.31 bits per heavy atom. The average molecular weight is 182 g/mol. The van der Waals surface area contributed by atoms with Crippen LogP contribution in [0.4, 0.5) is 0 Å². The third-order valence-electron chi connectivity index (χ3n) is 2.15. The van der Waals surface area contributed by atoms with E-state index in [2.05, 4.69) is 0 Å². The highest BCUT2D eigenvalue weighted by Gasteiger charge is 2.18. The van der Waals surface area contributed by atoms with Gasteiger partial charge < -0.3 is 9.15 Å². The summed E-state index contributed by atoms with van der Waals surface area (Å²) < 4.78 is 10.1. The summed E-state index contributed by atoms with van der Waals surface area (Å²) in [4.78, 5) is 11.3. The van der Waals surface area contributed by atoms with E-state index in [4.69, 9.17) is 9.15 Å². The van der Waals surface area contributed by atoms with Crippen LogP contribution in [-0.2, 0) is 4.74 Å². The van der Waals surface area contributed by atoms with E-state index in [0.29, 0.717) is 12.4 Å². The van der Waals surface area contributed by atoms with Crippen LogP contribution < -0.4 is 0 Å². The maximum absolute atomic E-state index is 11.3. The van der Waals surface area contributed by atoms with Gasteiger partial charge in [0.15, 0.2) is 0 Å². The number of carbonyl (C=O) groups is 1. The Balaban J connectivity index is 3.01. The SMILES string of the molecule is CCOC(=O)c1oc(C)c(C)c1C. The zero-order chi connectivity index (χ0) is 10.0. The highest BCUT2D eigenvalue weighted by molar-refractivity contribution is 5.88. The maximum atomic E-state index is 11.3. The molecule has 13 heavy (non-hydrogen) atoms. The Bertz CT molecular complexity index is 323. The van der Waals surface area contributed by atoms with Crippen molar-refractivity contribution in [3.63, 3.8) is 0 Å². The molecule has 0 atom stereocenters. The standard InChI is InChI=1S/C10H14O3/c1-5-12-10(11)9-7(3)6(2)8(4)13-9/h5H2,1-4H3. The topological polar surface area (TPSA) is 39.4 Å². The lowest BCUT2D eigenvalue weighted by Gasteiger charge is -1.98. The number of hydrogen-bond acceptors (Lipinski definition) is 3. The zero-order valence-electron chi connectivity index (χ0n) is 8.43. The van der Waals surface area contributed by atoms with Crippen molar-refractivity contribution in [2.45, 2.75) is 27.7 Å². The van der Waals surface area contributed by atoms with Crippen molar-refractivity contribution in [2.24, 2.45) is 0 Å². The fourth-order valence-electron chi connectivity index (χ4n) is 1.13. The van der Waals surface area contributed by atoms with Gasteiger partial charge in [-0.05, 0) is 33.3 Å². The van der Waals surface area contributed by atoms with Crippen molar-refractivity contribution in [2.75, 3.05) is 6.61 Å². The van der Waals surface area contributed by atoms with Gasteiger partial charge in [0.1, 0.15) is 5.76 Å². The Hall–Kier alpha value is -1.25. The van der Waals surface area contributed by atoms with Gasteiger partial charge in [0.25, 0.3) is 0 Å². The van der Waals surface area contributed by atoms with Crippen molar-refractivity contribution in [1.29, 1.82) is 0 Å². The summed E-state index contributed by atoms with van der Waals surface area (Å²) in [6.45, 7) is 7.77. The van der Waals surface area contributed by atoms with E-state index in [1.54, 1.807) is 6.92 Å². The summed E-state index contributed by atoms with van der Waals surface area (Å²) in [6.07, 6.45) is 0. The molecule has 3 nitrogen and oxygen atoms in total. The molecule has 0 unspecified atom stereocenters. The molecule has 0 radical (unpaired) electrons. The minimum atomic E-state index is -0.379. The van der Waals surface area contributed by atoms with Gasteiger partial charge in [0.2, 0.25) is 5.76 Å². The molecule has 1 aromatic rings. The number of ether oxygens (including phenoxy) is 1. The quantitative estimate of drug-likeness (QED) is 0.659. The molecular weight excluding hydrogens is 168 g/mol. The number of rotatable bonds is 2. The predicted molar refractivity (Wildman–Crippen MR) is 48.9 cm³/mol. The summed E-state index contributed by atoms with van der Waals surface area (Å²) >= 11 is 0. The smallest absolute Gasteiger partial charge is 0.374 e. The number of aryl methyl sites for hydroxylation is 1. The van der Waals surface area contributed by atoms with Crippen molar-refractivity contribution in [1.82, 2.24) is 0 Å². The molecule has 0 saturated carbocycles. The third kappa shape index (κ3) is 1.74. The fraction of sp³-hybridized carbons (Fsp3) is 0.500. The molecule has 72 valence electrons. The number of carbonyl (C=O) groups excluding carboxylic acids is 1. The Labute approximate surface area is 77.7 Å². The van der Waals surface area contributed by atoms with Crippen LogP contribution in [0.5, 0.6) is 0 Å². The highest BCUT2D eigenvalue weighted by Crippen LogP contribution is 2.20. The van der Waals surface area contributed by atoms with E-state index < -0.39 is 0 Å². The van der Waals surface area contributed by atoms with Gasteiger partial charge in [0, 0.05) is 5.56 Å². The first-order valence-electron chi connectivity index (χ1n) is 4.31. The summed E-state index contributed by atoms with van der Waals surface area (Å²) in [6, 6.07) is 0. The molecule has 1 aromatic heterocycles. The molecule has 0 aliphatic heterocycles. The number of hydrogen-bond donors (Lipinski definition) is 0. The number of esters is 1. The molecule has 0 fully saturated rings. The minimum absolute atomic E-state index is 0.330. The second-order valence-corrected chi connectivity index (χ2v) is 2.96. The summed E-state index contributed by atoms with van der Waals surface area (Å²) in [5.74, 6) is 0.730. The van der Waals surface area contributed by atoms with Crippen LogP contribution in [0.25, 0.3) is 0 Å². The van der Waals surface area contributed by atoms with E-state index in [1.165, 1.54) is 0 Å². The van der Waals surface area contributed by atoms with Gasteiger partial charge in [-0.1, -0.05) is 0 Å². The van der Waals surface area contributed by atoms with E-state index in [0.717, 1.165) is 16.9 Å². The van der Waals surface area contributed by atoms with Crippen LogP contribution in [0, 0.1) is 20.8 Å². The van der Waals surface area contributed by atoms with Gasteiger partial charge in [0.05, 0.1) is 6.61 Å². The highest BCUT2D eigenvalue weighted by atomic mass is 16.5. The molecular formula is C10H14O3. The molecule has 0 aromatic carbocycles. The maximum Gasteiger partial charge on any atom is 0.374 e. The average Bonchev–Trinajstić information content (AvgIpc) is 2.33. The fourth-order valence-corrected chi connectivity index (χ4v) is 1.13. The van der Waals surface area contributed by atoms with Crippen LogP contribution in [0.15, 0.2) is 4.42 Å². The largest absolute Gasteiger partial charge is 0.460 e. The molecule has 0 amide bonds. The first-order chi connectivity index (χ1) is 6.07. The summed E-state index contributed by atoms with van der Waals surface area (Å²) in [5, 5.41) is 0. The monoisotopic (exact) mass is 182 g/mol. The van der Waals surface area contributed by atoms with E-state index in [-0.39, 0.29) is 5.97 Å². The predicted octanol–water partition coefficient (Wildman–Crippen LogP) is 2.38. The van der Waals surface area contributed by atoms with Crippen LogP contribution in [0.1, 0.15) is 34.4 Å². The van der Waals surface area contributed by atoms with E-state index >= 15 is 0 Å². The second kappa shape index (κ2) is 3.64. The molecule has 0 N–H and O–H groups in total. The first-order valence-corrected chi connectivity index (χ1v) is 4.31. The Morgan fingerprint density at radius 1 is 1.31 bits per heavy atom. The van der Waals surface area contributed by atoms with Gasteiger partial charge in [-0.2, -0.15) is 0 Å². The normalized spacial score (nSPS) is 10.2. The Morgan fingerprint density at radius 2 is 1.92 bits per heavy atom. The van der Waals surface area contributed by atoms with Crippen LogP contribution in [0.2, 0.25) is 0 Å². The first kappa shape index (κ1) is 9.84. The van der Waals surface area contributed by atoms with Crippen LogP contribution in [-0.4, -0.2) is 12.6 Å². The van der Waals surface area contributed by atoms with Gasteiger partial charge in [-0.15, -0.1) is 0 Å². The molecule has 3 heteroatoms. The molecule has 0 aliphatic carbocycles. The van der Waals surface area contributed by atoms with Crippen LogP contribution in [0.3, 0.4) is 0 Å². The minimum Gasteiger partial charge on any atom is -0.460 e. The summed E-state index contributed by atoms with van der Waals surface area (Å²) in [5.41, 5.74) is 1.89. The molecule has 0 aliphatic rings. The van der Waals surface area contributed by atoms with Crippen molar-refractivity contribution >= 4 is 5.97 Å². The van der Waals surface area contributed by atoms with E-state index in [1.807, 2.05) is 20.8 Å². The molecule has 0 saturated heterocycles. The lowest BCUT2D eigenvalue weighted by molar-refractivity contribution is 0.0487. The van der Waals surface area contributed by atoms with Crippen molar-refractivity contribution < 1.29 is 13.9 Å². The molecule has 1 rings (SSSR count). The molecule has 0 bridgehead atoms. The Kier molecular flexibility index (Phi) is 2.76. The lowest BCUT2D eigenvalue weighted by Crippen LogP contribution is -2.04. The molecule has 0 spiro atoms. The van der Waals surface area contributed by atoms with E-state index in [9.17, 15) is 4.79 Å². The second-order valence-electron chi connectivity index (χ2n) is 2.96. The van der Waals surface area contributed by atoms with Crippen LogP contribution >= 0.6 is 0 Å².